The van der Waals surface area contributed by atoms with Crippen molar-refractivity contribution in [3.63, 3.8) is 0 Å². The Bertz CT molecular complexity index is 657. The summed E-state index contributed by atoms with van der Waals surface area (Å²) >= 11 is 3.67. The maximum atomic E-state index is 12.1. The van der Waals surface area contributed by atoms with Crippen molar-refractivity contribution in [2.45, 2.75) is 6.42 Å². The Labute approximate surface area is 139 Å². The molecule has 0 aliphatic rings. The number of benzene rings is 1. The van der Waals surface area contributed by atoms with E-state index < -0.39 is 5.91 Å². The van der Waals surface area contributed by atoms with Gasteiger partial charge in [-0.3, -0.25) is 9.59 Å². The summed E-state index contributed by atoms with van der Waals surface area (Å²) in [5.74, 6) is -0.110. The number of primary amides is 1. The maximum absolute atomic E-state index is 12.1. The van der Waals surface area contributed by atoms with Crippen molar-refractivity contribution in [3.8, 4) is 5.75 Å². The molecule has 7 heteroatoms. The molecule has 0 aliphatic carbocycles. The third-order valence-electron chi connectivity index (χ3n) is 2.57. The van der Waals surface area contributed by atoms with Gasteiger partial charge in [-0.15, -0.1) is 11.3 Å². The van der Waals surface area contributed by atoms with Gasteiger partial charge in [0.2, 0.25) is 5.91 Å². The zero-order chi connectivity index (χ0) is 15.2. The van der Waals surface area contributed by atoms with Gasteiger partial charge in [-0.1, -0.05) is 12.1 Å². The quantitative estimate of drug-likeness (QED) is 0.711. The lowest BCUT2D eigenvalue weighted by Gasteiger charge is -2.11. The van der Waals surface area contributed by atoms with Crippen molar-refractivity contribution in [1.82, 2.24) is 0 Å². The number of hydrogen-bond donors (Lipinski definition) is 2. The smallest absolute Gasteiger partial charge is 0.256 e. The second-order valence-electron chi connectivity index (χ2n) is 4.15. The van der Waals surface area contributed by atoms with E-state index in [4.69, 9.17) is 10.5 Å². The van der Waals surface area contributed by atoms with Gasteiger partial charge in [-0.2, -0.15) is 0 Å². The summed E-state index contributed by atoms with van der Waals surface area (Å²) in [6.07, 6.45) is 0.130. The number of para-hydroxylation sites is 2. The summed E-state index contributed by atoms with van der Waals surface area (Å²) in [5.41, 5.74) is 6.24. The van der Waals surface area contributed by atoms with Gasteiger partial charge >= 0.3 is 0 Å². The van der Waals surface area contributed by atoms with E-state index in [2.05, 4.69) is 27.9 Å². The largest absolute Gasteiger partial charge is 0.491 e. The molecule has 110 valence electrons. The number of carbonyl (C=O) groups excluding carboxylic acids is 2. The number of thiophene rings is 1. The molecular weight excluding hydrogens is 403 g/mol. The van der Waals surface area contributed by atoms with Gasteiger partial charge in [0.15, 0.2) is 0 Å². The molecule has 0 fully saturated rings. The number of ether oxygens (including phenoxy) is 1. The summed E-state index contributed by atoms with van der Waals surface area (Å²) in [7, 11) is 0. The second kappa shape index (κ2) is 7.41. The Hall–Kier alpha value is -1.61. The van der Waals surface area contributed by atoms with Gasteiger partial charge in [-0.25, -0.2) is 0 Å². The lowest BCUT2D eigenvalue weighted by Crippen LogP contribution is -2.16. The minimum atomic E-state index is -0.427. The molecule has 0 unspecified atom stereocenters. The van der Waals surface area contributed by atoms with Crippen molar-refractivity contribution in [1.29, 1.82) is 0 Å². The first-order chi connectivity index (χ1) is 10.1. The Morgan fingerprint density at radius 2 is 2.10 bits per heavy atom. The normalized spacial score (nSPS) is 10.1. The molecule has 0 saturated carbocycles. The molecule has 21 heavy (non-hydrogen) atoms. The van der Waals surface area contributed by atoms with Gasteiger partial charge in [-0.05, 0) is 40.8 Å². The molecule has 0 saturated heterocycles. The number of halogens is 1. The van der Waals surface area contributed by atoms with E-state index in [-0.39, 0.29) is 18.9 Å². The molecule has 1 heterocycles. The van der Waals surface area contributed by atoms with Crippen molar-refractivity contribution >= 4 is 51.4 Å². The Balaban J connectivity index is 2.05. The maximum Gasteiger partial charge on any atom is 0.256 e. The Morgan fingerprint density at radius 3 is 2.76 bits per heavy atom. The average molecular weight is 416 g/mol. The number of hydrogen-bond acceptors (Lipinski definition) is 4. The molecule has 1 aromatic carbocycles. The minimum absolute atomic E-state index is 0.130. The van der Waals surface area contributed by atoms with E-state index in [0.29, 0.717) is 17.0 Å². The molecular formula is C14H13IN2O3S. The number of nitrogens with one attached hydrogen (secondary N) is 1. The monoisotopic (exact) mass is 416 g/mol. The third kappa shape index (κ3) is 4.71. The van der Waals surface area contributed by atoms with Gasteiger partial charge in [0.1, 0.15) is 5.75 Å². The molecule has 5 nitrogen and oxygen atoms in total. The first kappa shape index (κ1) is 15.8. The van der Waals surface area contributed by atoms with E-state index in [1.165, 1.54) is 11.3 Å². The van der Waals surface area contributed by atoms with Gasteiger partial charge in [0.05, 0.1) is 27.2 Å². The second-order valence-corrected chi connectivity index (χ2v) is 6.96. The first-order valence-electron chi connectivity index (χ1n) is 6.12. The van der Waals surface area contributed by atoms with Crippen molar-refractivity contribution < 1.29 is 14.3 Å². The van der Waals surface area contributed by atoms with Crippen LogP contribution < -0.4 is 15.8 Å². The highest BCUT2D eigenvalue weighted by Gasteiger charge is 2.11. The molecule has 3 N–H and O–H groups in total. The van der Waals surface area contributed by atoms with Gasteiger partial charge in [0, 0.05) is 5.38 Å². The molecule has 0 atom stereocenters. The zero-order valence-electron chi connectivity index (χ0n) is 11.0. The number of rotatable bonds is 6. The molecule has 0 radical (unpaired) electrons. The van der Waals surface area contributed by atoms with Crippen LogP contribution in [0.4, 0.5) is 5.69 Å². The van der Waals surface area contributed by atoms with E-state index in [1.54, 1.807) is 29.6 Å². The predicted molar refractivity (Wildman–Crippen MR) is 90.7 cm³/mol. The highest BCUT2D eigenvalue weighted by molar-refractivity contribution is 14.1. The van der Waals surface area contributed by atoms with Gasteiger partial charge < -0.3 is 15.8 Å². The highest BCUT2D eigenvalue weighted by atomic mass is 127. The fourth-order valence-electron chi connectivity index (χ4n) is 1.58. The van der Waals surface area contributed by atoms with Crippen LogP contribution in [-0.4, -0.2) is 18.4 Å². The van der Waals surface area contributed by atoms with Crippen LogP contribution in [-0.2, 0) is 4.79 Å². The fraction of sp³-hybridized carbons (Fsp3) is 0.143. The summed E-state index contributed by atoms with van der Waals surface area (Å²) < 4.78 is 6.52. The molecule has 2 aromatic rings. The van der Waals surface area contributed by atoms with Crippen molar-refractivity contribution in [2.24, 2.45) is 5.73 Å². The fourth-order valence-corrected chi connectivity index (χ4v) is 2.91. The van der Waals surface area contributed by atoms with Crippen molar-refractivity contribution in [3.05, 3.63) is 44.2 Å². The standard InChI is InChI=1S/C14H13IN2O3S/c15-12-7-9(8-21-12)14(19)17-10-3-1-2-4-11(10)20-6-5-13(16)18/h1-4,7-8H,5-6H2,(H2,16,18)(H,17,19). The summed E-state index contributed by atoms with van der Waals surface area (Å²) in [5, 5.41) is 4.60. The van der Waals surface area contributed by atoms with Crippen LogP contribution in [0.15, 0.2) is 35.7 Å². The molecule has 0 spiro atoms. The lowest BCUT2D eigenvalue weighted by atomic mass is 10.2. The van der Waals surface area contributed by atoms with Crippen molar-refractivity contribution in [2.75, 3.05) is 11.9 Å². The Kier molecular flexibility index (Phi) is 5.57. The van der Waals surface area contributed by atoms with Gasteiger partial charge in [0.25, 0.3) is 5.91 Å². The van der Waals surface area contributed by atoms with E-state index in [0.717, 1.165) is 2.88 Å². The summed E-state index contributed by atoms with van der Waals surface area (Å²) in [4.78, 5) is 22.8. The Morgan fingerprint density at radius 1 is 1.33 bits per heavy atom. The van der Waals surface area contributed by atoms with E-state index in [1.807, 2.05) is 6.07 Å². The van der Waals surface area contributed by atoms with Crippen LogP contribution in [0, 0.1) is 2.88 Å². The SMILES string of the molecule is NC(=O)CCOc1ccccc1NC(=O)c1csc(I)c1. The van der Waals surface area contributed by atoms with E-state index >= 15 is 0 Å². The third-order valence-corrected chi connectivity index (χ3v) is 4.36. The summed E-state index contributed by atoms with van der Waals surface area (Å²) in [6.45, 7) is 0.179. The zero-order valence-corrected chi connectivity index (χ0v) is 13.9. The van der Waals surface area contributed by atoms with Crippen LogP contribution in [0.3, 0.4) is 0 Å². The lowest BCUT2D eigenvalue weighted by molar-refractivity contribution is -0.118. The van der Waals surface area contributed by atoms with Crippen LogP contribution in [0.5, 0.6) is 5.75 Å². The molecule has 2 amide bonds. The average Bonchev–Trinajstić information content (AvgIpc) is 2.87. The minimum Gasteiger partial charge on any atom is -0.491 e. The number of carbonyl (C=O) groups is 2. The molecule has 1 aromatic heterocycles. The van der Waals surface area contributed by atoms with Crippen LogP contribution >= 0.6 is 33.9 Å². The van der Waals surface area contributed by atoms with Crippen LogP contribution in [0.25, 0.3) is 0 Å². The van der Waals surface area contributed by atoms with Crippen LogP contribution in [0.1, 0.15) is 16.8 Å². The molecule has 0 bridgehead atoms. The first-order valence-corrected chi connectivity index (χ1v) is 8.07. The summed E-state index contributed by atoms with van der Waals surface area (Å²) in [6, 6.07) is 8.89. The van der Waals surface area contributed by atoms with Crippen LogP contribution in [0.2, 0.25) is 0 Å². The topological polar surface area (TPSA) is 81.4 Å². The highest BCUT2D eigenvalue weighted by Crippen LogP contribution is 2.25. The number of amides is 2. The molecule has 2 rings (SSSR count). The number of nitrogens with two attached hydrogens (primary N) is 1. The predicted octanol–water partition coefficient (Wildman–Crippen LogP) is 2.86. The van der Waals surface area contributed by atoms with E-state index in [9.17, 15) is 9.59 Å². The number of anilines is 1. The molecule has 0 aliphatic heterocycles.